The topological polar surface area (TPSA) is 93.7 Å². The number of anilines is 1. The predicted molar refractivity (Wildman–Crippen MR) is 126 cm³/mol. The third-order valence-electron chi connectivity index (χ3n) is 4.99. The molecule has 0 fully saturated rings. The first kappa shape index (κ1) is 23.5. The highest BCUT2D eigenvalue weighted by atomic mass is 16.7. The van der Waals surface area contributed by atoms with Gasteiger partial charge in [0.15, 0.2) is 0 Å². The minimum atomic E-state index is -0.792. The summed E-state index contributed by atoms with van der Waals surface area (Å²) >= 11 is 0. The number of carbonyl (C=O) groups excluding carboxylic acids is 3. The van der Waals surface area contributed by atoms with Crippen molar-refractivity contribution in [1.29, 1.82) is 0 Å². The van der Waals surface area contributed by atoms with E-state index in [1.807, 2.05) is 44.2 Å². The Labute approximate surface area is 192 Å². The summed E-state index contributed by atoms with van der Waals surface area (Å²) in [7, 11) is 0. The average Bonchev–Trinajstić information content (AvgIpc) is 2.80. The molecular weight excluding hydrogens is 420 g/mol. The molecule has 33 heavy (non-hydrogen) atoms. The Balaban J connectivity index is 1.56. The summed E-state index contributed by atoms with van der Waals surface area (Å²) in [5.74, 6) is -0.177. The van der Waals surface area contributed by atoms with E-state index in [1.165, 1.54) is 12.1 Å². The molecule has 0 unspecified atom stereocenters. The maximum absolute atomic E-state index is 12.6. The lowest BCUT2D eigenvalue weighted by atomic mass is 10.1. The third kappa shape index (κ3) is 6.67. The fourth-order valence-corrected chi connectivity index (χ4v) is 3.05. The Morgan fingerprint density at radius 3 is 2.24 bits per heavy atom. The molecule has 0 bridgehead atoms. The highest BCUT2D eigenvalue weighted by molar-refractivity contribution is 6.04. The Morgan fingerprint density at radius 1 is 0.818 bits per heavy atom. The van der Waals surface area contributed by atoms with Crippen LogP contribution >= 0.6 is 0 Å². The van der Waals surface area contributed by atoms with Crippen LogP contribution in [0.15, 0.2) is 66.7 Å². The van der Waals surface area contributed by atoms with Crippen molar-refractivity contribution in [3.8, 4) is 5.75 Å². The molecule has 170 valence electrons. The van der Waals surface area contributed by atoms with Gasteiger partial charge >= 0.3 is 6.16 Å². The maximum Gasteiger partial charge on any atom is 0.513 e. The molecule has 0 aliphatic rings. The first-order valence-corrected chi connectivity index (χ1v) is 10.6. The summed E-state index contributed by atoms with van der Waals surface area (Å²) in [6.07, 6.45) is -0.792. The van der Waals surface area contributed by atoms with Crippen molar-refractivity contribution >= 4 is 23.7 Å². The van der Waals surface area contributed by atoms with Gasteiger partial charge in [-0.2, -0.15) is 0 Å². The van der Waals surface area contributed by atoms with Crippen LogP contribution in [0.4, 0.5) is 10.5 Å². The van der Waals surface area contributed by atoms with Crippen molar-refractivity contribution in [2.45, 2.75) is 27.3 Å². The fourth-order valence-electron chi connectivity index (χ4n) is 3.05. The summed E-state index contributed by atoms with van der Waals surface area (Å²) in [4.78, 5) is 36.3. The van der Waals surface area contributed by atoms with Crippen LogP contribution in [-0.4, -0.2) is 24.6 Å². The second-order valence-corrected chi connectivity index (χ2v) is 7.45. The van der Waals surface area contributed by atoms with E-state index in [2.05, 4.69) is 10.6 Å². The SMILES string of the molecule is CCOC(=O)Oc1ccc(C(=O)NCc2cccc(NC(=O)c3ccc(C)c(C)c3)c2)cc1. The van der Waals surface area contributed by atoms with E-state index in [-0.39, 0.29) is 30.7 Å². The van der Waals surface area contributed by atoms with E-state index in [9.17, 15) is 14.4 Å². The van der Waals surface area contributed by atoms with E-state index < -0.39 is 6.16 Å². The van der Waals surface area contributed by atoms with Crippen molar-refractivity contribution in [2.24, 2.45) is 0 Å². The molecule has 3 rings (SSSR count). The van der Waals surface area contributed by atoms with Crippen molar-refractivity contribution in [2.75, 3.05) is 11.9 Å². The zero-order valence-corrected chi connectivity index (χ0v) is 18.8. The largest absolute Gasteiger partial charge is 0.513 e. The Kier molecular flexibility index (Phi) is 7.81. The van der Waals surface area contributed by atoms with Gasteiger partial charge in [-0.15, -0.1) is 0 Å². The van der Waals surface area contributed by atoms with E-state index in [4.69, 9.17) is 9.47 Å². The number of rotatable bonds is 7. The molecule has 0 saturated carbocycles. The molecule has 0 aliphatic carbocycles. The molecule has 0 radical (unpaired) electrons. The number of benzene rings is 3. The minimum absolute atomic E-state index is 0.190. The van der Waals surface area contributed by atoms with Crippen molar-refractivity contribution in [3.63, 3.8) is 0 Å². The maximum atomic E-state index is 12.6. The first-order valence-electron chi connectivity index (χ1n) is 10.6. The summed E-state index contributed by atoms with van der Waals surface area (Å²) < 4.78 is 9.69. The normalized spacial score (nSPS) is 10.3. The molecule has 0 aliphatic heterocycles. The van der Waals surface area contributed by atoms with E-state index in [0.29, 0.717) is 16.8 Å². The van der Waals surface area contributed by atoms with Crippen molar-refractivity contribution in [1.82, 2.24) is 5.32 Å². The molecule has 3 aromatic rings. The second-order valence-electron chi connectivity index (χ2n) is 7.45. The summed E-state index contributed by atoms with van der Waals surface area (Å²) in [5, 5.41) is 5.73. The van der Waals surface area contributed by atoms with Gasteiger partial charge in [-0.05, 0) is 86.0 Å². The standard InChI is InChI=1S/C26H26N2O5/c1-4-32-26(31)33-23-12-10-20(11-13-23)24(29)27-16-19-6-5-7-22(15-19)28-25(30)21-9-8-17(2)18(3)14-21/h5-15H,4,16H2,1-3H3,(H,27,29)(H,28,30). The number of hydrogen-bond donors (Lipinski definition) is 2. The zero-order chi connectivity index (χ0) is 23.8. The number of aryl methyl sites for hydroxylation is 2. The third-order valence-corrected chi connectivity index (χ3v) is 4.99. The van der Waals surface area contributed by atoms with Gasteiger partial charge in [0.25, 0.3) is 11.8 Å². The van der Waals surface area contributed by atoms with Gasteiger partial charge in [-0.1, -0.05) is 18.2 Å². The molecule has 0 saturated heterocycles. The number of ether oxygens (including phenoxy) is 2. The van der Waals surface area contributed by atoms with Crippen LogP contribution < -0.4 is 15.4 Å². The van der Waals surface area contributed by atoms with E-state index >= 15 is 0 Å². The smallest absolute Gasteiger partial charge is 0.434 e. The summed E-state index contributed by atoms with van der Waals surface area (Å²) in [5.41, 5.74) is 4.68. The van der Waals surface area contributed by atoms with Crippen LogP contribution in [0, 0.1) is 13.8 Å². The number of amides is 2. The predicted octanol–water partition coefficient (Wildman–Crippen LogP) is 5.02. The lowest BCUT2D eigenvalue weighted by molar-refractivity contribution is 0.0950. The summed E-state index contributed by atoms with van der Waals surface area (Å²) in [6.45, 7) is 6.16. The van der Waals surface area contributed by atoms with Crippen LogP contribution in [0.25, 0.3) is 0 Å². The van der Waals surface area contributed by atoms with Gasteiger partial charge in [0.1, 0.15) is 5.75 Å². The molecule has 0 aromatic heterocycles. The average molecular weight is 447 g/mol. The monoisotopic (exact) mass is 446 g/mol. The number of hydrogen-bond acceptors (Lipinski definition) is 5. The molecule has 7 nitrogen and oxygen atoms in total. The quantitative estimate of drug-likeness (QED) is 0.393. The van der Waals surface area contributed by atoms with E-state index in [1.54, 1.807) is 31.2 Å². The fraction of sp³-hybridized carbons (Fsp3) is 0.192. The Morgan fingerprint density at radius 2 is 1.55 bits per heavy atom. The van der Waals surface area contributed by atoms with Gasteiger partial charge in [-0.3, -0.25) is 9.59 Å². The Hall–Kier alpha value is -4.13. The molecule has 0 spiro atoms. The van der Waals surface area contributed by atoms with Gasteiger partial charge in [0.2, 0.25) is 0 Å². The molecular formula is C26H26N2O5. The molecule has 2 amide bonds. The molecule has 3 aromatic carbocycles. The second kappa shape index (κ2) is 10.9. The van der Waals surface area contributed by atoms with Gasteiger partial charge in [0, 0.05) is 23.4 Å². The van der Waals surface area contributed by atoms with Crippen LogP contribution in [0.2, 0.25) is 0 Å². The van der Waals surface area contributed by atoms with Crippen LogP contribution in [0.1, 0.15) is 44.3 Å². The van der Waals surface area contributed by atoms with Gasteiger partial charge in [0.05, 0.1) is 6.61 Å². The van der Waals surface area contributed by atoms with Crippen molar-refractivity contribution < 1.29 is 23.9 Å². The van der Waals surface area contributed by atoms with Crippen molar-refractivity contribution in [3.05, 3.63) is 94.5 Å². The minimum Gasteiger partial charge on any atom is -0.434 e. The van der Waals surface area contributed by atoms with Gasteiger partial charge < -0.3 is 20.1 Å². The summed E-state index contributed by atoms with van der Waals surface area (Å²) in [6, 6.07) is 19.0. The molecule has 7 heteroatoms. The first-order chi connectivity index (χ1) is 15.9. The molecule has 0 atom stereocenters. The van der Waals surface area contributed by atoms with Gasteiger partial charge in [-0.25, -0.2) is 4.79 Å². The highest BCUT2D eigenvalue weighted by Gasteiger charge is 2.10. The lowest BCUT2D eigenvalue weighted by Crippen LogP contribution is -2.22. The molecule has 2 N–H and O–H groups in total. The van der Waals surface area contributed by atoms with E-state index in [0.717, 1.165) is 16.7 Å². The zero-order valence-electron chi connectivity index (χ0n) is 18.8. The van der Waals surface area contributed by atoms with Crippen LogP contribution in [0.5, 0.6) is 5.75 Å². The molecule has 0 heterocycles. The van der Waals surface area contributed by atoms with Crippen LogP contribution in [-0.2, 0) is 11.3 Å². The van der Waals surface area contributed by atoms with Crippen LogP contribution in [0.3, 0.4) is 0 Å². The number of carbonyl (C=O) groups is 3. The Bertz CT molecular complexity index is 1160. The lowest BCUT2D eigenvalue weighted by Gasteiger charge is -2.10. The highest BCUT2D eigenvalue weighted by Crippen LogP contribution is 2.16. The number of nitrogens with one attached hydrogen (secondary N) is 2.